The predicted octanol–water partition coefficient (Wildman–Crippen LogP) is 4.51. The van der Waals surface area contributed by atoms with E-state index in [2.05, 4.69) is 9.72 Å². The molecule has 2 N–H and O–H groups in total. The van der Waals surface area contributed by atoms with Gasteiger partial charge in [0.2, 0.25) is 0 Å². The van der Waals surface area contributed by atoms with Gasteiger partial charge in [0.1, 0.15) is 17.3 Å². The fourth-order valence-corrected chi connectivity index (χ4v) is 3.94. The Hall–Kier alpha value is -2.01. The SMILES string of the molecule is Oc1ccccc1-c1nc2sccn2c1NC1CCCCC1. The maximum absolute atomic E-state index is 10.2. The van der Waals surface area contributed by atoms with Crippen molar-refractivity contribution < 1.29 is 5.11 Å². The number of nitrogens with one attached hydrogen (secondary N) is 1. The van der Waals surface area contributed by atoms with Gasteiger partial charge in [-0.25, -0.2) is 4.98 Å². The molecule has 0 aliphatic heterocycles. The van der Waals surface area contributed by atoms with Crippen molar-refractivity contribution in [3.8, 4) is 17.0 Å². The average molecular weight is 313 g/mol. The summed E-state index contributed by atoms with van der Waals surface area (Å²) in [6.07, 6.45) is 8.37. The molecule has 0 radical (unpaired) electrons. The number of nitrogens with zero attached hydrogens (tertiary/aromatic N) is 2. The number of hydrogen-bond donors (Lipinski definition) is 2. The minimum Gasteiger partial charge on any atom is -0.507 e. The highest BCUT2D eigenvalue weighted by atomic mass is 32.1. The predicted molar refractivity (Wildman–Crippen MR) is 90.7 cm³/mol. The highest BCUT2D eigenvalue weighted by Gasteiger charge is 2.21. The van der Waals surface area contributed by atoms with Gasteiger partial charge < -0.3 is 10.4 Å². The van der Waals surface area contributed by atoms with Crippen LogP contribution in [0.25, 0.3) is 16.2 Å². The van der Waals surface area contributed by atoms with Crippen LogP contribution in [0, 0.1) is 0 Å². The molecule has 0 amide bonds. The summed E-state index contributed by atoms with van der Waals surface area (Å²) in [5, 5.41) is 15.9. The van der Waals surface area contributed by atoms with Gasteiger partial charge in [-0.15, -0.1) is 11.3 Å². The molecule has 1 aromatic carbocycles. The van der Waals surface area contributed by atoms with Crippen LogP contribution in [0.1, 0.15) is 32.1 Å². The van der Waals surface area contributed by atoms with Crippen molar-refractivity contribution >= 4 is 22.1 Å². The number of phenolic OH excluding ortho intramolecular Hbond substituents is 1. The molecule has 1 aliphatic carbocycles. The van der Waals surface area contributed by atoms with Crippen LogP contribution in [0.5, 0.6) is 5.75 Å². The molecule has 1 aliphatic rings. The number of rotatable bonds is 3. The second kappa shape index (κ2) is 5.65. The second-order valence-electron chi connectivity index (χ2n) is 5.86. The van der Waals surface area contributed by atoms with Crippen LogP contribution in [-0.2, 0) is 0 Å². The van der Waals surface area contributed by atoms with Crippen LogP contribution in [0.3, 0.4) is 0 Å². The normalized spacial score (nSPS) is 16.2. The van der Waals surface area contributed by atoms with Crippen LogP contribution in [0.2, 0.25) is 0 Å². The minimum atomic E-state index is 0.278. The summed E-state index contributed by atoms with van der Waals surface area (Å²) in [4.78, 5) is 5.68. The first-order valence-corrected chi connectivity index (χ1v) is 8.71. The van der Waals surface area contributed by atoms with E-state index in [1.165, 1.54) is 32.1 Å². The third kappa shape index (κ3) is 2.35. The summed E-state index contributed by atoms with van der Waals surface area (Å²) >= 11 is 1.62. The first-order valence-electron chi connectivity index (χ1n) is 7.83. The number of thiazole rings is 1. The van der Waals surface area contributed by atoms with E-state index in [1.807, 2.05) is 29.8 Å². The Morgan fingerprint density at radius 3 is 2.82 bits per heavy atom. The van der Waals surface area contributed by atoms with E-state index in [9.17, 15) is 5.11 Å². The van der Waals surface area contributed by atoms with Crippen LogP contribution >= 0.6 is 11.3 Å². The topological polar surface area (TPSA) is 49.6 Å². The number of fused-ring (bicyclic) bond motifs is 1. The lowest BCUT2D eigenvalue weighted by atomic mass is 9.95. The average Bonchev–Trinajstić information content (AvgIpc) is 3.12. The molecule has 4 nitrogen and oxygen atoms in total. The molecule has 22 heavy (non-hydrogen) atoms. The Bertz CT molecular complexity index is 786. The number of anilines is 1. The van der Waals surface area contributed by atoms with Gasteiger partial charge in [-0.1, -0.05) is 31.4 Å². The van der Waals surface area contributed by atoms with Gasteiger partial charge in [-0.3, -0.25) is 4.40 Å². The quantitative estimate of drug-likeness (QED) is 0.748. The van der Waals surface area contributed by atoms with Gasteiger partial charge >= 0.3 is 0 Å². The Kier molecular flexibility index (Phi) is 3.50. The summed E-state index contributed by atoms with van der Waals surface area (Å²) in [6.45, 7) is 0. The van der Waals surface area contributed by atoms with Gasteiger partial charge in [0.25, 0.3) is 0 Å². The molecule has 0 unspecified atom stereocenters. The second-order valence-corrected chi connectivity index (χ2v) is 6.73. The number of hydrogen-bond acceptors (Lipinski definition) is 4. The standard InChI is InChI=1S/C17H19N3OS/c21-14-9-5-4-8-13(14)15-16(18-12-6-2-1-3-7-12)20-10-11-22-17(20)19-15/h4-5,8-12,18,21H,1-3,6-7H2. The third-order valence-corrected chi connectivity index (χ3v) is 5.12. The molecular formula is C17H19N3OS. The van der Waals surface area contributed by atoms with E-state index in [-0.39, 0.29) is 5.75 Å². The molecule has 1 fully saturated rings. The van der Waals surface area contributed by atoms with Gasteiger partial charge in [-0.05, 0) is 25.0 Å². The van der Waals surface area contributed by atoms with Gasteiger partial charge in [0.05, 0.1) is 0 Å². The number of imidazole rings is 1. The molecule has 5 heteroatoms. The summed E-state index contributed by atoms with van der Waals surface area (Å²) in [6, 6.07) is 7.91. The molecule has 2 aromatic heterocycles. The minimum absolute atomic E-state index is 0.278. The monoisotopic (exact) mass is 313 g/mol. The zero-order chi connectivity index (χ0) is 14.9. The largest absolute Gasteiger partial charge is 0.507 e. The molecule has 0 spiro atoms. The van der Waals surface area contributed by atoms with E-state index >= 15 is 0 Å². The van der Waals surface area contributed by atoms with Gasteiger partial charge in [0, 0.05) is 23.2 Å². The molecule has 0 atom stereocenters. The number of aromatic hydroxyl groups is 1. The number of para-hydroxylation sites is 1. The molecule has 0 saturated heterocycles. The fourth-order valence-electron chi connectivity index (χ4n) is 3.23. The lowest BCUT2D eigenvalue weighted by Gasteiger charge is -2.24. The summed E-state index contributed by atoms with van der Waals surface area (Å²) in [5.41, 5.74) is 1.63. The fraction of sp³-hybridized carbons (Fsp3) is 0.353. The van der Waals surface area contributed by atoms with Crippen LogP contribution in [0.15, 0.2) is 35.8 Å². The molecule has 2 heterocycles. The number of phenols is 1. The van der Waals surface area contributed by atoms with Crippen molar-refractivity contribution in [1.29, 1.82) is 0 Å². The molecule has 4 rings (SSSR count). The first-order chi connectivity index (χ1) is 10.8. The Labute approximate surface area is 133 Å². The van der Waals surface area contributed by atoms with Crippen molar-refractivity contribution in [2.75, 3.05) is 5.32 Å². The Morgan fingerprint density at radius 1 is 1.18 bits per heavy atom. The van der Waals surface area contributed by atoms with Gasteiger partial charge in [0.15, 0.2) is 4.96 Å². The van der Waals surface area contributed by atoms with E-state index in [4.69, 9.17) is 4.98 Å². The highest BCUT2D eigenvalue weighted by Crippen LogP contribution is 2.36. The number of benzene rings is 1. The number of aromatic nitrogens is 2. The van der Waals surface area contributed by atoms with E-state index in [0.717, 1.165) is 22.0 Å². The molecule has 114 valence electrons. The summed E-state index contributed by atoms with van der Waals surface area (Å²) in [5.74, 6) is 1.28. The summed E-state index contributed by atoms with van der Waals surface area (Å²) < 4.78 is 2.10. The van der Waals surface area contributed by atoms with Crippen molar-refractivity contribution in [3.63, 3.8) is 0 Å². The smallest absolute Gasteiger partial charge is 0.195 e. The van der Waals surface area contributed by atoms with Crippen molar-refractivity contribution in [3.05, 3.63) is 35.8 Å². The zero-order valence-electron chi connectivity index (χ0n) is 12.3. The van der Waals surface area contributed by atoms with E-state index in [0.29, 0.717) is 6.04 Å². The van der Waals surface area contributed by atoms with Crippen molar-refractivity contribution in [1.82, 2.24) is 9.38 Å². The lowest BCUT2D eigenvalue weighted by Crippen LogP contribution is -2.23. The van der Waals surface area contributed by atoms with Crippen LogP contribution < -0.4 is 5.32 Å². The van der Waals surface area contributed by atoms with Gasteiger partial charge in [-0.2, -0.15) is 0 Å². The maximum atomic E-state index is 10.2. The molecular weight excluding hydrogens is 294 g/mol. The van der Waals surface area contributed by atoms with Crippen molar-refractivity contribution in [2.45, 2.75) is 38.1 Å². The summed E-state index contributed by atoms with van der Waals surface area (Å²) in [7, 11) is 0. The zero-order valence-corrected chi connectivity index (χ0v) is 13.1. The third-order valence-electron chi connectivity index (χ3n) is 4.37. The Morgan fingerprint density at radius 2 is 2.00 bits per heavy atom. The van der Waals surface area contributed by atoms with E-state index in [1.54, 1.807) is 17.4 Å². The molecule has 1 saturated carbocycles. The maximum Gasteiger partial charge on any atom is 0.195 e. The lowest BCUT2D eigenvalue weighted by molar-refractivity contribution is 0.461. The van der Waals surface area contributed by atoms with Crippen LogP contribution in [-0.4, -0.2) is 20.5 Å². The first kappa shape index (κ1) is 13.6. The van der Waals surface area contributed by atoms with Crippen LogP contribution in [0.4, 0.5) is 5.82 Å². The molecule has 3 aromatic rings. The molecule has 0 bridgehead atoms. The van der Waals surface area contributed by atoms with Crippen molar-refractivity contribution in [2.24, 2.45) is 0 Å². The van der Waals surface area contributed by atoms with E-state index < -0.39 is 0 Å². The Balaban J connectivity index is 1.79. The highest BCUT2D eigenvalue weighted by molar-refractivity contribution is 7.15.